The summed E-state index contributed by atoms with van der Waals surface area (Å²) in [6, 6.07) is 6.79. The molecule has 0 saturated carbocycles. The van der Waals surface area contributed by atoms with Crippen LogP contribution in [-0.2, 0) is 6.54 Å². The summed E-state index contributed by atoms with van der Waals surface area (Å²) in [6.07, 6.45) is 3.07. The number of hydrogen-bond acceptors (Lipinski definition) is 5. The van der Waals surface area contributed by atoms with Gasteiger partial charge in [-0.3, -0.25) is 4.79 Å². The van der Waals surface area contributed by atoms with Crippen molar-refractivity contribution < 1.29 is 9.53 Å². The maximum Gasteiger partial charge on any atom is 0.253 e. The molecule has 0 aliphatic rings. The summed E-state index contributed by atoms with van der Waals surface area (Å²) in [6.45, 7) is 0.391. The standard InChI is InChI=1S/C13H14N4O2/c1-19-12-6-9(4-5-15-12)7-17-13(18)10-2-3-11(14)16-8-10/h2-6,8H,7H2,1H3,(H2,14,16)(H,17,18). The van der Waals surface area contributed by atoms with Gasteiger partial charge in [-0.25, -0.2) is 9.97 Å². The van der Waals surface area contributed by atoms with Crippen LogP contribution < -0.4 is 15.8 Å². The van der Waals surface area contributed by atoms with Gasteiger partial charge in [0.25, 0.3) is 5.91 Å². The second-order valence-electron chi connectivity index (χ2n) is 3.86. The monoisotopic (exact) mass is 258 g/mol. The number of nitrogens with zero attached hydrogens (tertiary/aromatic N) is 2. The molecule has 0 aromatic carbocycles. The SMILES string of the molecule is COc1cc(CNC(=O)c2ccc(N)nc2)ccn1. The zero-order valence-electron chi connectivity index (χ0n) is 10.5. The number of methoxy groups -OCH3 is 1. The number of anilines is 1. The molecular weight excluding hydrogens is 244 g/mol. The second-order valence-corrected chi connectivity index (χ2v) is 3.86. The number of carbonyl (C=O) groups excluding carboxylic acids is 1. The predicted octanol–water partition coefficient (Wildman–Crippen LogP) is 0.997. The molecule has 6 nitrogen and oxygen atoms in total. The third-order valence-corrected chi connectivity index (χ3v) is 2.51. The Morgan fingerprint density at radius 3 is 2.89 bits per heavy atom. The zero-order valence-corrected chi connectivity index (χ0v) is 10.5. The van der Waals surface area contributed by atoms with Gasteiger partial charge in [-0.05, 0) is 23.8 Å². The van der Waals surface area contributed by atoms with E-state index in [0.717, 1.165) is 5.56 Å². The van der Waals surface area contributed by atoms with Crippen LogP contribution in [0.5, 0.6) is 5.88 Å². The number of ether oxygens (including phenoxy) is 1. The average molecular weight is 258 g/mol. The minimum atomic E-state index is -0.205. The fourth-order valence-electron chi connectivity index (χ4n) is 1.50. The Hall–Kier alpha value is -2.63. The molecule has 0 bridgehead atoms. The minimum Gasteiger partial charge on any atom is -0.481 e. The van der Waals surface area contributed by atoms with Gasteiger partial charge in [-0.1, -0.05) is 0 Å². The van der Waals surface area contributed by atoms with Crippen LogP contribution in [0.15, 0.2) is 36.7 Å². The second kappa shape index (κ2) is 5.81. The summed E-state index contributed by atoms with van der Waals surface area (Å²) in [5.41, 5.74) is 6.83. The first-order chi connectivity index (χ1) is 9.19. The van der Waals surface area contributed by atoms with Gasteiger partial charge < -0.3 is 15.8 Å². The third kappa shape index (κ3) is 3.41. The molecule has 0 aliphatic carbocycles. The number of amides is 1. The lowest BCUT2D eigenvalue weighted by Crippen LogP contribution is -2.23. The number of pyridine rings is 2. The van der Waals surface area contributed by atoms with E-state index in [2.05, 4.69) is 15.3 Å². The van der Waals surface area contributed by atoms with Gasteiger partial charge in [-0.2, -0.15) is 0 Å². The van der Waals surface area contributed by atoms with E-state index < -0.39 is 0 Å². The van der Waals surface area contributed by atoms with Gasteiger partial charge >= 0.3 is 0 Å². The topological polar surface area (TPSA) is 90.1 Å². The summed E-state index contributed by atoms with van der Waals surface area (Å²) < 4.78 is 5.01. The van der Waals surface area contributed by atoms with E-state index in [9.17, 15) is 4.79 Å². The van der Waals surface area contributed by atoms with Crippen LogP contribution in [0.4, 0.5) is 5.82 Å². The maximum absolute atomic E-state index is 11.8. The van der Waals surface area contributed by atoms with Gasteiger partial charge in [0.15, 0.2) is 0 Å². The van der Waals surface area contributed by atoms with Crippen molar-refractivity contribution >= 4 is 11.7 Å². The highest BCUT2D eigenvalue weighted by Crippen LogP contribution is 2.08. The van der Waals surface area contributed by atoms with Crippen LogP contribution in [-0.4, -0.2) is 23.0 Å². The first-order valence-corrected chi connectivity index (χ1v) is 5.67. The van der Waals surface area contributed by atoms with Crippen LogP contribution >= 0.6 is 0 Å². The molecule has 2 heterocycles. The normalized spacial score (nSPS) is 9.95. The number of nitrogens with two attached hydrogens (primary N) is 1. The van der Waals surface area contributed by atoms with Crippen LogP contribution in [0, 0.1) is 0 Å². The molecule has 98 valence electrons. The number of rotatable bonds is 4. The van der Waals surface area contributed by atoms with E-state index >= 15 is 0 Å². The van der Waals surface area contributed by atoms with Gasteiger partial charge in [0.05, 0.1) is 12.7 Å². The van der Waals surface area contributed by atoms with Crippen molar-refractivity contribution in [1.82, 2.24) is 15.3 Å². The summed E-state index contributed by atoms with van der Waals surface area (Å²) >= 11 is 0. The number of hydrogen-bond donors (Lipinski definition) is 2. The van der Waals surface area contributed by atoms with Crippen LogP contribution in [0.25, 0.3) is 0 Å². The molecule has 0 radical (unpaired) electrons. The molecule has 2 aromatic heterocycles. The van der Waals surface area contributed by atoms with E-state index in [-0.39, 0.29) is 5.91 Å². The molecular formula is C13H14N4O2. The Bertz CT molecular complexity index is 569. The number of carbonyl (C=O) groups is 1. The van der Waals surface area contributed by atoms with Gasteiger partial charge in [0, 0.05) is 25.0 Å². The van der Waals surface area contributed by atoms with E-state index in [1.54, 1.807) is 31.5 Å². The fraction of sp³-hybridized carbons (Fsp3) is 0.154. The highest BCUT2D eigenvalue weighted by atomic mass is 16.5. The zero-order chi connectivity index (χ0) is 13.7. The summed E-state index contributed by atoms with van der Waals surface area (Å²) in [5.74, 6) is 0.694. The fourth-order valence-corrected chi connectivity index (χ4v) is 1.50. The largest absolute Gasteiger partial charge is 0.481 e. The number of nitrogens with one attached hydrogen (secondary N) is 1. The predicted molar refractivity (Wildman–Crippen MR) is 70.6 cm³/mol. The average Bonchev–Trinajstić information content (AvgIpc) is 2.46. The van der Waals surface area contributed by atoms with E-state index in [1.807, 2.05) is 6.07 Å². The Balaban J connectivity index is 1.98. The van der Waals surface area contributed by atoms with Crippen molar-refractivity contribution in [3.63, 3.8) is 0 Å². The molecule has 3 N–H and O–H groups in total. The van der Waals surface area contributed by atoms with Crippen molar-refractivity contribution in [3.05, 3.63) is 47.8 Å². The maximum atomic E-state index is 11.8. The van der Waals surface area contributed by atoms with E-state index in [0.29, 0.717) is 23.8 Å². The molecule has 19 heavy (non-hydrogen) atoms. The van der Waals surface area contributed by atoms with Crippen molar-refractivity contribution in [2.75, 3.05) is 12.8 Å². The summed E-state index contributed by atoms with van der Waals surface area (Å²) in [4.78, 5) is 19.7. The Labute approximate surface area is 110 Å². The van der Waals surface area contributed by atoms with Crippen molar-refractivity contribution in [2.24, 2.45) is 0 Å². The molecule has 0 spiro atoms. The molecule has 1 amide bonds. The summed E-state index contributed by atoms with van der Waals surface area (Å²) in [5, 5.41) is 2.78. The first kappa shape index (κ1) is 12.8. The lowest BCUT2D eigenvalue weighted by molar-refractivity contribution is 0.0950. The Kier molecular flexibility index (Phi) is 3.92. The smallest absolute Gasteiger partial charge is 0.253 e. The van der Waals surface area contributed by atoms with Gasteiger partial charge in [0.2, 0.25) is 5.88 Å². The lowest BCUT2D eigenvalue weighted by Gasteiger charge is -2.06. The van der Waals surface area contributed by atoms with Crippen molar-refractivity contribution in [3.8, 4) is 5.88 Å². The summed E-state index contributed by atoms with van der Waals surface area (Å²) in [7, 11) is 1.55. The third-order valence-electron chi connectivity index (χ3n) is 2.51. The van der Waals surface area contributed by atoms with Crippen LogP contribution in [0.3, 0.4) is 0 Å². The minimum absolute atomic E-state index is 0.205. The Morgan fingerprint density at radius 2 is 2.21 bits per heavy atom. The lowest BCUT2D eigenvalue weighted by atomic mass is 10.2. The van der Waals surface area contributed by atoms with Crippen LogP contribution in [0.1, 0.15) is 15.9 Å². The van der Waals surface area contributed by atoms with Crippen molar-refractivity contribution in [1.29, 1.82) is 0 Å². The number of aromatic nitrogens is 2. The molecule has 0 unspecified atom stereocenters. The van der Waals surface area contributed by atoms with Gasteiger partial charge in [-0.15, -0.1) is 0 Å². The molecule has 2 aromatic rings. The highest BCUT2D eigenvalue weighted by Gasteiger charge is 2.05. The highest BCUT2D eigenvalue weighted by molar-refractivity contribution is 5.93. The quantitative estimate of drug-likeness (QED) is 0.853. The van der Waals surface area contributed by atoms with Crippen molar-refractivity contribution in [2.45, 2.75) is 6.54 Å². The molecule has 6 heteroatoms. The van der Waals surface area contributed by atoms with E-state index in [1.165, 1.54) is 6.20 Å². The molecule has 0 aliphatic heterocycles. The van der Waals surface area contributed by atoms with E-state index in [4.69, 9.17) is 10.5 Å². The van der Waals surface area contributed by atoms with Crippen LogP contribution in [0.2, 0.25) is 0 Å². The molecule has 2 rings (SSSR count). The number of nitrogen functional groups attached to an aromatic ring is 1. The Morgan fingerprint density at radius 1 is 1.37 bits per heavy atom. The molecule has 0 fully saturated rings. The molecule has 0 atom stereocenters. The molecule has 0 saturated heterocycles. The first-order valence-electron chi connectivity index (χ1n) is 5.67. The van der Waals surface area contributed by atoms with Gasteiger partial charge in [0.1, 0.15) is 5.82 Å².